The normalized spacial score (nSPS) is 12.0. The number of benzene rings is 2. The lowest BCUT2D eigenvalue weighted by atomic mass is 9.98. The van der Waals surface area contributed by atoms with E-state index in [1.165, 1.54) is 0 Å². The van der Waals surface area contributed by atoms with Crippen molar-refractivity contribution in [1.29, 1.82) is 0 Å². The van der Waals surface area contributed by atoms with Crippen LogP contribution < -0.4 is 5.73 Å². The zero-order valence-corrected chi connectivity index (χ0v) is 17.0. The lowest BCUT2D eigenvalue weighted by Crippen LogP contribution is -2.42. The quantitative estimate of drug-likeness (QED) is 0.544. The van der Waals surface area contributed by atoms with Crippen LogP contribution in [0, 0.1) is 0 Å². The monoisotopic (exact) mass is 392 g/mol. The number of amides is 1. The van der Waals surface area contributed by atoms with Crippen molar-refractivity contribution in [3.8, 4) is 22.5 Å². The molecular formula is C22H28N6O. The number of hydrogen-bond acceptors (Lipinski definition) is 5. The van der Waals surface area contributed by atoms with Crippen molar-refractivity contribution >= 4 is 5.91 Å². The Morgan fingerprint density at radius 1 is 1.10 bits per heavy atom. The SMILES string of the molecule is CCCCCN(Cc1ccc(-c2ccccc2-c2nnn[nH]2)cc1)C(=O)[C@H](C)N. The smallest absolute Gasteiger partial charge is 0.239 e. The van der Waals surface area contributed by atoms with E-state index in [0.29, 0.717) is 12.4 Å². The molecule has 0 spiro atoms. The highest BCUT2D eigenvalue weighted by Crippen LogP contribution is 2.29. The molecule has 29 heavy (non-hydrogen) atoms. The minimum absolute atomic E-state index is 0.00616. The van der Waals surface area contributed by atoms with E-state index < -0.39 is 6.04 Å². The Kier molecular flexibility index (Phi) is 7.08. The van der Waals surface area contributed by atoms with Crippen molar-refractivity contribution in [2.75, 3.05) is 6.54 Å². The number of H-pyrrole nitrogens is 1. The fraction of sp³-hybridized carbons (Fsp3) is 0.364. The summed E-state index contributed by atoms with van der Waals surface area (Å²) in [4.78, 5) is 14.3. The minimum Gasteiger partial charge on any atom is -0.337 e. The summed E-state index contributed by atoms with van der Waals surface area (Å²) >= 11 is 0. The third-order valence-corrected chi connectivity index (χ3v) is 4.90. The van der Waals surface area contributed by atoms with Crippen LogP contribution in [0.25, 0.3) is 22.5 Å². The summed E-state index contributed by atoms with van der Waals surface area (Å²) in [6.45, 7) is 5.20. The predicted octanol–water partition coefficient (Wildman–Crippen LogP) is 3.40. The number of tetrazole rings is 1. The molecule has 0 aliphatic rings. The fourth-order valence-corrected chi connectivity index (χ4v) is 3.33. The molecule has 0 unspecified atom stereocenters. The van der Waals surface area contributed by atoms with Crippen molar-refractivity contribution in [3.63, 3.8) is 0 Å². The van der Waals surface area contributed by atoms with Gasteiger partial charge in [0.25, 0.3) is 0 Å². The van der Waals surface area contributed by atoms with Gasteiger partial charge in [-0.25, -0.2) is 5.10 Å². The second-order valence-corrected chi connectivity index (χ2v) is 7.25. The summed E-state index contributed by atoms with van der Waals surface area (Å²) < 4.78 is 0. The maximum atomic E-state index is 12.5. The topological polar surface area (TPSA) is 101 Å². The molecule has 3 N–H and O–H groups in total. The Bertz CT molecular complexity index is 905. The van der Waals surface area contributed by atoms with Gasteiger partial charge in [0.1, 0.15) is 0 Å². The highest BCUT2D eigenvalue weighted by Gasteiger charge is 2.17. The molecule has 3 aromatic rings. The molecule has 0 bridgehead atoms. The van der Waals surface area contributed by atoms with Crippen LogP contribution >= 0.6 is 0 Å². The molecular weight excluding hydrogens is 364 g/mol. The summed E-state index contributed by atoms with van der Waals surface area (Å²) in [6.07, 6.45) is 3.22. The standard InChI is InChI=1S/C22H28N6O/c1-3-4-7-14-28(22(29)16(2)23)15-17-10-12-18(13-11-17)19-8-5-6-9-20(19)21-24-26-27-25-21/h5-6,8-13,16H,3-4,7,14-15,23H2,1-2H3,(H,24,25,26,27)/t16-/m0/s1. The van der Waals surface area contributed by atoms with Gasteiger partial charge < -0.3 is 10.6 Å². The van der Waals surface area contributed by atoms with Gasteiger partial charge in [0, 0.05) is 18.7 Å². The molecule has 0 saturated heterocycles. The fourth-order valence-electron chi connectivity index (χ4n) is 3.33. The van der Waals surface area contributed by atoms with Gasteiger partial charge in [0.2, 0.25) is 5.91 Å². The Morgan fingerprint density at radius 2 is 1.83 bits per heavy atom. The van der Waals surface area contributed by atoms with Crippen LogP contribution in [-0.2, 0) is 11.3 Å². The molecule has 1 amide bonds. The summed E-state index contributed by atoms with van der Waals surface area (Å²) in [7, 11) is 0. The summed E-state index contributed by atoms with van der Waals surface area (Å²) in [5.41, 5.74) is 9.98. The van der Waals surface area contributed by atoms with Gasteiger partial charge in [0.05, 0.1) is 6.04 Å². The van der Waals surface area contributed by atoms with Crippen molar-refractivity contribution in [3.05, 3.63) is 54.1 Å². The second kappa shape index (κ2) is 9.93. The number of aromatic amines is 1. The first kappa shape index (κ1) is 20.7. The van der Waals surface area contributed by atoms with E-state index in [4.69, 9.17) is 5.73 Å². The van der Waals surface area contributed by atoms with Gasteiger partial charge in [-0.2, -0.15) is 0 Å². The van der Waals surface area contributed by atoms with Crippen molar-refractivity contribution < 1.29 is 4.79 Å². The van der Waals surface area contributed by atoms with Crippen LogP contribution in [0.5, 0.6) is 0 Å². The van der Waals surface area contributed by atoms with E-state index in [-0.39, 0.29) is 5.91 Å². The molecule has 0 saturated carbocycles. The van der Waals surface area contributed by atoms with Crippen LogP contribution in [0.1, 0.15) is 38.7 Å². The molecule has 1 atom stereocenters. The lowest BCUT2D eigenvalue weighted by molar-refractivity contribution is -0.132. The summed E-state index contributed by atoms with van der Waals surface area (Å²) in [5, 5.41) is 14.2. The van der Waals surface area contributed by atoms with Gasteiger partial charge in [0.15, 0.2) is 5.82 Å². The molecule has 0 aliphatic carbocycles. The number of aromatic nitrogens is 4. The van der Waals surface area contributed by atoms with E-state index in [9.17, 15) is 4.79 Å². The maximum absolute atomic E-state index is 12.5. The van der Waals surface area contributed by atoms with Crippen molar-refractivity contribution in [1.82, 2.24) is 25.5 Å². The maximum Gasteiger partial charge on any atom is 0.239 e. The third-order valence-electron chi connectivity index (χ3n) is 4.90. The zero-order valence-electron chi connectivity index (χ0n) is 17.0. The molecule has 152 valence electrons. The molecule has 7 nitrogen and oxygen atoms in total. The Hall–Kier alpha value is -3.06. The molecule has 2 aromatic carbocycles. The number of rotatable bonds is 9. The average Bonchev–Trinajstić information content (AvgIpc) is 3.28. The highest BCUT2D eigenvalue weighted by molar-refractivity contribution is 5.81. The predicted molar refractivity (Wildman–Crippen MR) is 114 cm³/mol. The molecule has 0 aliphatic heterocycles. The van der Waals surface area contributed by atoms with Crippen LogP contribution in [0.4, 0.5) is 0 Å². The van der Waals surface area contributed by atoms with Gasteiger partial charge in [-0.1, -0.05) is 68.3 Å². The Balaban J connectivity index is 1.78. The highest BCUT2D eigenvalue weighted by atomic mass is 16.2. The van der Waals surface area contributed by atoms with Gasteiger partial charge in [-0.15, -0.1) is 5.10 Å². The van der Waals surface area contributed by atoms with E-state index in [0.717, 1.165) is 48.1 Å². The second-order valence-electron chi connectivity index (χ2n) is 7.25. The Labute approximate surface area is 171 Å². The first-order valence-electron chi connectivity index (χ1n) is 10.1. The molecule has 1 heterocycles. The number of hydrogen-bond donors (Lipinski definition) is 2. The number of carbonyl (C=O) groups is 1. The molecule has 3 rings (SSSR count). The molecule has 7 heteroatoms. The number of nitrogens with zero attached hydrogens (tertiary/aromatic N) is 4. The van der Waals surface area contributed by atoms with Gasteiger partial charge in [-0.05, 0) is 40.5 Å². The lowest BCUT2D eigenvalue weighted by Gasteiger charge is -2.24. The number of nitrogens with two attached hydrogens (primary N) is 1. The summed E-state index contributed by atoms with van der Waals surface area (Å²) in [6, 6.07) is 15.8. The van der Waals surface area contributed by atoms with E-state index >= 15 is 0 Å². The van der Waals surface area contributed by atoms with Crippen molar-refractivity contribution in [2.24, 2.45) is 5.73 Å². The number of nitrogens with one attached hydrogen (secondary N) is 1. The van der Waals surface area contributed by atoms with Crippen LogP contribution in [-0.4, -0.2) is 44.0 Å². The van der Waals surface area contributed by atoms with Crippen molar-refractivity contribution in [2.45, 2.75) is 45.7 Å². The Morgan fingerprint density at radius 3 is 2.45 bits per heavy atom. The van der Waals surface area contributed by atoms with Crippen LogP contribution in [0.3, 0.4) is 0 Å². The number of unbranched alkanes of at least 4 members (excludes halogenated alkanes) is 2. The summed E-state index contributed by atoms with van der Waals surface area (Å²) in [5.74, 6) is 0.627. The van der Waals surface area contributed by atoms with Crippen LogP contribution in [0.2, 0.25) is 0 Å². The largest absolute Gasteiger partial charge is 0.337 e. The third kappa shape index (κ3) is 5.26. The zero-order chi connectivity index (χ0) is 20.6. The van der Waals surface area contributed by atoms with Crippen LogP contribution in [0.15, 0.2) is 48.5 Å². The van der Waals surface area contributed by atoms with E-state index in [2.05, 4.69) is 51.8 Å². The molecule has 0 fully saturated rings. The molecule has 1 aromatic heterocycles. The van der Waals surface area contributed by atoms with Gasteiger partial charge >= 0.3 is 0 Å². The first-order valence-corrected chi connectivity index (χ1v) is 10.1. The minimum atomic E-state index is -0.488. The van der Waals surface area contributed by atoms with E-state index in [1.54, 1.807) is 6.92 Å². The average molecular weight is 393 g/mol. The first-order chi connectivity index (χ1) is 14.1. The van der Waals surface area contributed by atoms with Gasteiger partial charge in [-0.3, -0.25) is 4.79 Å². The molecule has 0 radical (unpaired) electrons. The van der Waals surface area contributed by atoms with E-state index in [1.807, 2.05) is 29.2 Å². The number of carbonyl (C=O) groups excluding carboxylic acids is 1.